The van der Waals surface area contributed by atoms with Crippen LogP contribution in [0.5, 0.6) is 5.75 Å². The topological polar surface area (TPSA) is 9.23 Å². The molecule has 0 aliphatic rings. The average molecular weight is 323 g/mol. The molecular formula is C16H16BrFO. The Labute approximate surface area is 121 Å². The number of ether oxygens (including phenoxy) is 1. The maximum atomic E-state index is 13.1. The summed E-state index contributed by atoms with van der Waals surface area (Å²) in [7, 11) is 0. The maximum absolute atomic E-state index is 13.1. The van der Waals surface area contributed by atoms with E-state index >= 15 is 0 Å². The van der Waals surface area contributed by atoms with Crippen LogP contribution in [0.25, 0.3) is 0 Å². The highest BCUT2D eigenvalue weighted by Crippen LogP contribution is 2.24. The molecule has 0 N–H and O–H groups in total. The Bertz CT molecular complexity index is 561. The number of halogens is 2. The summed E-state index contributed by atoms with van der Waals surface area (Å²) in [6, 6.07) is 10.8. The summed E-state index contributed by atoms with van der Waals surface area (Å²) in [4.78, 5) is 0. The van der Waals surface area contributed by atoms with E-state index in [0.29, 0.717) is 11.9 Å². The van der Waals surface area contributed by atoms with Crippen LogP contribution in [0, 0.1) is 19.7 Å². The van der Waals surface area contributed by atoms with Crippen LogP contribution < -0.4 is 4.74 Å². The van der Waals surface area contributed by atoms with Crippen molar-refractivity contribution in [2.45, 2.75) is 25.8 Å². The Kier molecular flexibility index (Phi) is 4.59. The average Bonchev–Trinajstić information content (AvgIpc) is 2.39. The summed E-state index contributed by atoms with van der Waals surface area (Å²) in [5.41, 5.74) is 4.43. The molecule has 19 heavy (non-hydrogen) atoms. The van der Waals surface area contributed by atoms with Gasteiger partial charge in [0, 0.05) is 10.9 Å². The molecule has 0 atom stereocenters. The Morgan fingerprint density at radius 3 is 2.42 bits per heavy atom. The minimum atomic E-state index is -0.242. The summed E-state index contributed by atoms with van der Waals surface area (Å²) < 4.78 is 19.0. The number of hydrogen-bond acceptors (Lipinski definition) is 1. The van der Waals surface area contributed by atoms with Crippen molar-refractivity contribution < 1.29 is 9.13 Å². The van der Waals surface area contributed by atoms with Crippen LogP contribution in [0.2, 0.25) is 0 Å². The third-order valence-corrected chi connectivity index (χ3v) is 3.79. The first-order chi connectivity index (χ1) is 9.11. The number of aryl methyl sites for hydroxylation is 2. The van der Waals surface area contributed by atoms with Crippen molar-refractivity contribution in [2.24, 2.45) is 0 Å². The molecule has 0 radical (unpaired) electrons. The summed E-state index contributed by atoms with van der Waals surface area (Å²) >= 11 is 3.35. The van der Waals surface area contributed by atoms with E-state index in [9.17, 15) is 4.39 Å². The van der Waals surface area contributed by atoms with Crippen molar-refractivity contribution in [1.29, 1.82) is 0 Å². The van der Waals surface area contributed by atoms with Crippen LogP contribution >= 0.6 is 15.9 Å². The second kappa shape index (κ2) is 6.20. The van der Waals surface area contributed by atoms with Crippen molar-refractivity contribution in [1.82, 2.24) is 0 Å². The van der Waals surface area contributed by atoms with E-state index in [1.54, 1.807) is 6.07 Å². The van der Waals surface area contributed by atoms with Crippen LogP contribution in [0.3, 0.4) is 0 Å². The van der Waals surface area contributed by atoms with E-state index < -0.39 is 0 Å². The molecule has 0 saturated heterocycles. The lowest BCUT2D eigenvalue weighted by atomic mass is 10.0. The highest BCUT2D eigenvalue weighted by atomic mass is 79.9. The molecular weight excluding hydrogens is 307 g/mol. The summed E-state index contributed by atoms with van der Waals surface area (Å²) in [5, 5.41) is 0.576. The van der Waals surface area contributed by atoms with Gasteiger partial charge in [0.15, 0.2) is 0 Å². The molecule has 0 unspecified atom stereocenters. The minimum Gasteiger partial charge on any atom is -0.489 e. The van der Waals surface area contributed by atoms with Gasteiger partial charge in [-0.2, -0.15) is 0 Å². The zero-order valence-electron chi connectivity index (χ0n) is 11.0. The lowest BCUT2D eigenvalue weighted by Crippen LogP contribution is -2.02. The summed E-state index contributed by atoms with van der Waals surface area (Å²) in [6.07, 6.45) is 0. The molecule has 0 bridgehead atoms. The molecule has 2 aromatic rings. The summed E-state index contributed by atoms with van der Waals surface area (Å²) in [5.74, 6) is 0.481. The molecule has 0 saturated carbocycles. The predicted octanol–water partition coefficient (Wildman–Crippen LogP) is 4.92. The monoisotopic (exact) mass is 322 g/mol. The first kappa shape index (κ1) is 14.1. The molecule has 2 rings (SSSR count). The van der Waals surface area contributed by atoms with E-state index in [1.165, 1.54) is 28.8 Å². The number of benzene rings is 2. The molecule has 1 nitrogen and oxygen atoms in total. The molecule has 0 spiro atoms. The highest BCUT2D eigenvalue weighted by molar-refractivity contribution is 9.08. The van der Waals surface area contributed by atoms with E-state index in [0.717, 1.165) is 11.3 Å². The van der Waals surface area contributed by atoms with Gasteiger partial charge in [0.25, 0.3) is 0 Å². The number of hydrogen-bond donors (Lipinski definition) is 0. The minimum absolute atomic E-state index is 0.242. The van der Waals surface area contributed by atoms with Gasteiger partial charge < -0.3 is 4.74 Å². The highest BCUT2D eigenvalue weighted by Gasteiger charge is 2.07. The largest absolute Gasteiger partial charge is 0.489 e. The van der Waals surface area contributed by atoms with Gasteiger partial charge in [0.1, 0.15) is 18.2 Å². The molecule has 100 valence electrons. The van der Waals surface area contributed by atoms with Crippen molar-refractivity contribution in [2.75, 3.05) is 0 Å². The molecule has 0 aliphatic heterocycles. The lowest BCUT2D eigenvalue weighted by Gasteiger charge is -2.13. The summed E-state index contributed by atoms with van der Waals surface area (Å²) in [6.45, 7) is 4.65. The number of alkyl halides is 1. The molecule has 3 heteroatoms. The Balaban J connectivity index is 2.19. The van der Waals surface area contributed by atoms with Crippen LogP contribution in [-0.4, -0.2) is 0 Å². The zero-order valence-corrected chi connectivity index (χ0v) is 12.6. The second-order valence-corrected chi connectivity index (χ2v) is 5.11. The van der Waals surface area contributed by atoms with Gasteiger partial charge in [-0.1, -0.05) is 34.1 Å². The van der Waals surface area contributed by atoms with Gasteiger partial charge in [-0.05, 0) is 48.7 Å². The molecule has 0 fully saturated rings. The molecule has 2 aromatic carbocycles. The Morgan fingerprint density at radius 2 is 1.79 bits per heavy atom. The standard InChI is InChI=1S/C16H16BrFO/c1-11-4-3-5-12(2)15(11)10-19-16-7-6-14(18)8-13(16)9-17/h3-8H,9-10H2,1-2H3. The fourth-order valence-electron chi connectivity index (χ4n) is 2.02. The van der Waals surface area contributed by atoms with Crippen molar-refractivity contribution in [3.63, 3.8) is 0 Å². The molecule has 0 aromatic heterocycles. The quantitative estimate of drug-likeness (QED) is 0.726. The number of rotatable bonds is 4. The fraction of sp³-hybridized carbons (Fsp3) is 0.250. The van der Waals surface area contributed by atoms with E-state index in [2.05, 4.69) is 41.9 Å². The van der Waals surface area contributed by atoms with Crippen molar-refractivity contribution >= 4 is 15.9 Å². The lowest BCUT2D eigenvalue weighted by molar-refractivity contribution is 0.302. The van der Waals surface area contributed by atoms with Gasteiger partial charge in [-0.15, -0.1) is 0 Å². The van der Waals surface area contributed by atoms with Crippen LogP contribution in [0.15, 0.2) is 36.4 Å². The Morgan fingerprint density at radius 1 is 1.11 bits per heavy atom. The first-order valence-corrected chi connectivity index (χ1v) is 7.26. The van der Waals surface area contributed by atoms with E-state index in [1.807, 2.05) is 6.07 Å². The second-order valence-electron chi connectivity index (χ2n) is 4.54. The maximum Gasteiger partial charge on any atom is 0.124 e. The van der Waals surface area contributed by atoms with Crippen LogP contribution in [0.4, 0.5) is 4.39 Å². The third kappa shape index (κ3) is 3.35. The molecule has 0 heterocycles. The van der Waals surface area contributed by atoms with Gasteiger partial charge in [0.2, 0.25) is 0 Å². The molecule has 0 amide bonds. The zero-order chi connectivity index (χ0) is 13.8. The van der Waals surface area contributed by atoms with Gasteiger partial charge in [-0.3, -0.25) is 0 Å². The van der Waals surface area contributed by atoms with Crippen molar-refractivity contribution in [3.05, 3.63) is 64.5 Å². The van der Waals surface area contributed by atoms with E-state index in [-0.39, 0.29) is 5.82 Å². The fourth-order valence-corrected chi connectivity index (χ4v) is 2.46. The Hall–Kier alpha value is -1.35. The van der Waals surface area contributed by atoms with E-state index in [4.69, 9.17) is 4.74 Å². The van der Waals surface area contributed by atoms with Crippen molar-refractivity contribution in [3.8, 4) is 5.75 Å². The predicted molar refractivity (Wildman–Crippen MR) is 79.3 cm³/mol. The van der Waals surface area contributed by atoms with Gasteiger partial charge in [0.05, 0.1) is 0 Å². The van der Waals surface area contributed by atoms with Gasteiger partial charge >= 0.3 is 0 Å². The van der Waals surface area contributed by atoms with Crippen LogP contribution in [-0.2, 0) is 11.9 Å². The smallest absolute Gasteiger partial charge is 0.124 e. The first-order valence-electron chi connectivity index (χ1n) is 6.14. The normalized spacial score (nSPS) is 10.5. The SMILES string of the molecule is Cc1cccc(C)c1COc1ccc(F)cc1CBr. The van der Waals surface area contributed by atoms with Gasteiger partial charge in [-0.25, -0.2) is 4.39 Å². The molecule has 0 aliphatic carbocycles. The third-order valence-electron chi connectivity index (χ3n) is 3.18. The van der Waals surface area contributed by atoms with Crippen LogP contribution in [0.1, 0.15) is 22.3 Å².